The van der Waals surface area contributed by atoms with E-state index in [4.69, 9.17) is 5.11 Å². The minimum atomic E-state index is -0.0477. The summed E-state index contributed by atoms with van der Waals surface area (Å²) in [5.41, 5.74) is 1.70. The molecule has 1 aromatic heterocycles. The van der Waals surface area contributed by atoms with E-state index in [1.807, 2.05) is 18.2 Å². The summed E-state index contributed by atoms with van der Waals surface area (Å²) in [4.78, 5) is 18.1. The van der Waals surface area contributed by atoms with Gasteiger partial charge in [0.1, 0.15) is 11.4 Å². The lowest BCUT2D eigenvalue weighted by molar-refractivity contribution is 0.0935. The fraction of sp³-hybridized carbons (Fsp3) is 0.429. The second-order valence-electron chi connectivity index (χ2n) is 6.78. The maximum Gasteiger partial charge on any atom is 0.195 e. The van der Waals surface area contributed by atoms with Gasteiger partial charge in [-0.2, -0.15) is 0 Å². The van der Waals surface area contributed by atoms with Gasteiger partial charge < -0.3 is 10.2 Å². The number of likely N-dealkylation sites (tertiary alicyclic amines) is 1. The van der Waals surface area contributed by atoms with E-state index < -0.39 is 0 Å². The van der Waals surface area contributed by atoms with Crippen LogP contribution in [0.1, 0.15) is 29.4 Å². The monoisotopic (exact) mass is 356 g/mol. The summed E-state index contributed by atoms with van der Waals surface area (Å²) in [5, 5.41) is 18.5. The number of ketones is 1. The van der Waals surface area contributed by atoms with Gasteiger partial charge in [-0.3, -0.25) is 9.69 Å². The highest BCUT2D eigenvalue weighted by molar-refractivity contribution is 5.95. The lowest BCUT2D eigenvalue weighted by Crippen LogP contribution is -2.28. The molecule has 0 spiro atoms. The quantitative estimate of drug-likeness (QED) is 0.806. The van der Waals surface area contributed by atoms with Gasteiger partial charge in [-0.05, 0) is 30.9 Å². The Hall–Kier alpha value is -2.24. The Bertz CT molecular complexity index is 661. The van der Waals surface area contributed by atoms with Gasteiger partial charge >= 0.3 is 0 Å². The Morgan fingerprint density at radius 1 is 1.15 bits per heavy atom. The molecular weight excluding hydrogens is 328 g/mol. The predicted octanol–water partition coefficient (Wildman–Crippen LogP) is 2.92. The molecule has 2 aromatic rings. The molecule has 2 N–H and O–H groups in total. The topological polar surface area (TPSA) is 73.7 Å². The Balaban J connectivity index is 0.000000290. The van der Waals surface area contributed by atoms with E-state index in [0.717, 1.165) is 19.5 Å². The van der Waals surface area contributed by atoms with Crippen molar-refractivity contribution in [1.29, 1.82) is 0 Å². The third kappa shape index (κ3) is 5.93. The number of nitrogens with zero attached hydrogens (tertiary/aromatic N) is 2. The van der Waals surface area contributed by atoms with Crippen LogP contribution in [0.2, 0.25) is 0 Å². The molecule has 0 saturated carbocycles. The number of aromatic nitrogens is 1. The zero-order chi connectivity index (χ0) is 18.9. The fourth-order valence-electron chi connectivity index (χ4n) is 3.20. The number of pyridine rings is 1. The predicted molar refractivity (Wildman–Crippen MR) is 102 cm³/mol. The van der Waals surface area contributed by atoms with Crippen molar-refractivity contribution < 1.29 is 15.0 Å². The summed E-state index contributed by atoms with van der Waals surface area (Å²) in [7, 11) is 0. The SMILES string of the molecule is CC[C@@H]1CN(CC(=O)c2ccc(O)cn2)C[C@@H]1CO.Cc1ccccc1. The summed E-state index contributed by atoms with van der Waals surface area (Å²) >= 11 is 0. The van der Waals surface area contributed by atoms with E-state index in [2.05, 4.69) is 35.9 Å². The molecule has 0 aliphatic carbocycles. The first-order valence-corrected chi connectivity index (χ1v) is 9.06. The number of hydrogen-bond acceptors (Lipinski definition) is 5. The van der Waals surface area contributed by atoms with Gasteiger partial charge in [0.15, 0.2) is 5.78 Å². The number of aromatic hydroxyl groups is 1. The second kappa shape index (κ2) is 10.0. The highest BCUT2D eigenvalue weighted by atomic mass is 16.3. The van der Waals surface area contributed by atoms with Crippen molar-refractivity contribution in [3.63, 3.8) is 0 Å². The number of Topliss-reactive ketones (excluding diaryl/α,β-unsaturated/α-hetero) is 1. The molecule has 0 radical (unpaired) electrons. The second-order valence-corrected chi connectivity index (χ2v) is 6.78. The van der Waals surface area contributed by atoms with Gasteiger partial charge in [-0.15, -0.1) is 0 Å². The van der Waals surface area contributed by atoms with Gasteiger partial charge in [-0.1, -0.05) is 49.2 Å². The largest absolute Gasteiger partial charge is 0.506 e. The molecule has 5 heteroatoms. The molecule has 5 nitrogen and oxygen atoms in total. The van der Waals surface area contributed by atoms with E-state index in [1.165, 1.54) is 23.9 Å². The summed E-state index contributed by atoms with van der Waals surface area (Å²) in [6.45, 7) is 6.32. The Morgan fingerprint density at radius 2 is 1.85 bits per heavy atom. The molecule has 3 rings (SSSR count). The van der Waals surface area contributed by atoms with Crippen LogP contribution >= 0.6 is 0 Å². The molecule has 1 aliphatic rings. The van der Waals surface area contributed by atoms with Crippen molar-refractivity contribution in [2.24, 2.45) is 11.8 Å². The van der Waals surface area contributed by atoms with E-state index in [1.54, 1.807) is 0 Å². The van der Waals surface area contributed by atoms with Crippen molar-refractivity contribution in [3.05, 3.63) is 59.9 Å². The van der Waals surface area contributed by atoms with Gasteiger partial charge in [0, 0.05) is 19.7 Å². The third-order valence-electron chi connectivity index (χ3n) is 4.75. The minimum Gasteiger partial charge on any atom is -0.506 e. The van der Waals surface area contributed by atoms with Gasteiger partial charge in [0.2, 0.25) is 0 Å². The number of aliphatic hydroxyl groups is 1. The van der Waals surface area contributed by atoms with Crippen LogP contribution in [0.5, 0.6) is 5.75 Å². The highest BCUT2D eigenvalue weighted by Crippen LogP contribution is 2.25. The van der Waals surface area contributed by atoms with Crippen LogP contribution in [0.4, 0.5) is 0 Å². The molecule has 1 aliphatic heterocycles. The van der Waals surface area contributed by atoms with Gasteiger partial charge in [0.05, 0.1) is 12.7 Å². The number of aryl methyl sites for hydroxylation is 1. The van der Waals surface area contributed by atoms with Gasteiger partial charge in [-0.25, -0.2) is 4.98 Å². The average Bonchev–Trinajstić information content (AvgIpc) is 3.05. The van der Waals surface area contributed by atoms with Crippen LogP contribution in [0.25, 0.3) is 0 Å². The van der Waals surface area contributed by atoms with Crippen LogP contribution < -0.4 is 0 Å². The molecule has 1 saturated heterocycles. The molecule has 2 heterocycles. The van der Waals surface area contributed by atoms with Crippen molar-refractivity contribution in [3.8, 4) is 5.75 Å². The number of hydrogen-bond donors (Lipinski definition) is 2. The first-order valence-electron chi connectivity index (χ1n) is 9.06. The van der Waals surface area contributed by atoms with E-state index in [0.29, 0.717) is 18.2 Å². The van der Waals surface area contributed by atoms with E-state index >= 15 is 0 Å². The Morgan fingerprint density at radius 3 is 2.31 bits per heavy atom. The molecule has 26 heavy (non-hydrogen) atoms. The number of aliphatic hydroxyl groups excluding tert-OH is 1. The van der Waals surface area contributed by atoms with Crippen LogP contribution in [0, 0.1) is 18.8 Å². The molecule has 2 atom stereocenters. The molecular formula is C21H28N2O3. The van der Waals surface area contributed by atoms with Crippen LogP contribution in [0.3, 0.4) is 0 Å². The molecule has 140 valence electrons. The van der Waals surface area contributed by atoms with Crippen molar-refractivity contribution in [2.45, 2.75) is 20.3 Å². The summed E-state index contributed by atoms with van der Waals surface area (Å²) in [6.07, 6.45) is 2.30. The maximum absolute atomic E-state index is 12.1. The number of rotatable bonds is 5. The Kier molecular flexibility index (Phi) is 7.75. The Labute approximate surface area is 155 Å². The van der Waals surface area contributed by atoms with E-state index in [9.17, 15) is 9.90 Å². The molecule has 0 bridgehead atoms. The fourth-order valence-corrected chi connectivity index (χ4v) is 3.20. The summed E-state index contributed by atoms with van der Waals surface area (Å²) in [5.74, 6) is 0.744. The van der Waals surface area contributed by atoms with E-state index in [-0.39, 0.29) is 24.1 Å². The number of carbonyl (C=O) groups excluding carboxylic acids is 1. The van der Waals surface area contributed by atoms with Crippen LogP contribution in [-0.2, 0) is 0 Å². The first-order chi connectivity index (χ1) is 12.5. The summed E-state index contributed by atoms with van der Waals surface area (Å²) < 4.78 is 0. The zero-order valence-electron chi connectivity index (χ0n) is 15.5. The lowest BCUT2D eigenvalue weighted by atomic mass is 9.95. The standard InChI is InChI=1S/C14H20N2O3.C7H8/c1-2-10-6-16(7-11(10)9-17)8-14(19)13-4-3-12(18)5-15-13;1-7-5-3-2-4-6-7/h3-5,10-11,17-18H,2,6-9H2,1H3;2-6H,1H3/t10-,11-;/m1./s1. The number of carbonyl (C=O) groups is 1. The zero-order valence-corrected chi connectivity index (χ0v) is 15.5. The lowest BCUT2D eigenvalue weighted by Gasteiger charge is -2.14. The molecule has 1 aromatic carbocycles. The minimum absolute atomic E-state index is 0.0477. The van der Waals surface area contributed by atoms with Crippen LogP contribution in [-0.4, -0.2) is 52.1 Å². The molecule has 1 fully saturated rings. The normalized spacial score (nSPS) is 19.7. The molecule has 0 unspecified atom stereocenters. The average molecular weight is 356 g/mol. The summed E-state index contributed by atoms with van der Waals surface area (Å²) in [6, 6.07) is 13.3. The van der Waals surface area contributed by atoms with Crippen LogP contribution in [0.15, 0.2) is 48.7 Å². The first kappa shape index (κ1) is 20.1. The van der Waals surface area contributed by atoms with Crippen molar-refractivity contribution >= 4 is 5.78 Å². The maximum atomic E-state index is 12.1. The van der Waals surface area contributed by atoms with Crippen molar-refractivity contribution in [2.75, 3.05) is 26.2 Å². The van der Waals surface area contributed by atoms with Crippen molar-refractivity contribution in [1.82, 2.24) is 9.88 Å². The highest BCUT2D eigenvalue weighted by Gasteiger charge is 2.31. The third-order valence-corrected chi connectivity index (χ3v) is 4.75. The molecule has 0 amide bonds. The number of benzene rings is 1. The smallest absolute Gasteiger partial charge is 0.195 e. The van der Waals surface area contributed by atoms with Gasteiger partial charge in [0.25, 0.3) is 0 Å².